The average molecular weight is 174 g/mol. The lowest BCUT2D eigenvalue weighted by atomic mass is 10.8. The number of nitrogens with zero attached hydrogens (tertiary/aromatic N) is 2. The summed E-state index contributed by atoms with van der Waals surface area (Å²) in [6.45, 7) is 3.36. The number of hydrogen-bond acceptors (Lipinski definition) is 5. The molecule has 10 heavy (non-hydrogen) atoms. The predicted molar refractivity (Wildman–Crippen MR) is 41.2 cm³/mol. The van der Waals surface area contributed by atoms with Crippen molar-refractivity contribution in [2.24, 2.45) is 0 Å². The van der Waals surface area contributed by atoms with Gasteiger partial charge in [-0.1, -0.05) is 0 Å². The highest BCUT2D eigenvalue weighted by Crippen LogP contribution is 2.15. The minimum Gasteiger partial charge on any atom is -0.287 e. The van der Waals surface area contributed by atoms with Crippen molar-refractivity contribution in [3.63, 3.8) is 0 Å². The number of aryl methyl sites for hydroxylation is 1. The van der Waals surface area contributed by atoms with E-state index in [9.17, 15) is 4.79 Å². The van der Waals surface area contributed by atoms with E-state index in [1.165, 1.54) is 18.5 Å². The predicted octanol–water partition coefficient (Wildman–Crippen LogP) is 1.49. The molecule has 0 spiro atoms. The van der Waals surface area contributed by atoms with Crippen LogP contribution in [0.4, 0.5) is 0 Å². The molecule has 0 aromatic carbocycles. The highest BCUT2D eigenvalue weighted by molar-refractivity contribution is 8.13. The minimum absolute atomic E-state index is 0.0257. The van der Waals surface area contributed by atoms with Crippen LogP contribution < -0.4 is 0 Å². The Morgan fingerprint density at radius 3 is 2.80 bits per heavy atom. The number of carbonyl (C=O) groups excluding carboxylic acids is 1. The summed E-state index contributed by atoms with van der Waals surface area (Å²) < 4.78 is 3.93. The largest absolute Gasteiger partial charge is 0.287 e. The molecule has 0 amide bonds. The topological polar surface area (TPSA) is 42.9 Å². The van der Waals surface area contributed by atoms with Crippen molar-refractivity contribution in [2.75, 3.05) is 0 Å². The lowest BCUT2D eigenvalue weighted by molar-refractivity contribution is -0.109. The number of thioether (sulfide) groups is 1. The molecule has 1 aromatic heterocycles. The first kappa shape index (κ1) is 7.68. The molecule has 0 saturated carbocycles. The molecular formula is C5H6N2OS2. The van der Waals surface area contributed by atoms with Gasteiger partial charge in [-0.15, -0.1) is 0 Å². The zero-order valence-corrected chi connectivity index (χ0v) is 7.25. The van der Waals surface area contributed by atoms with Crippen LogP contribution in [-0.4, -0.2) is 14.5 Å². The summed E-state index contributed by atoms with van der Waals surface area (Å²) in [5, 5.41) is 1.48. The fraction of sp³-hybridized carbons (Fsp3) is 0.400. The van der Waals surface area contributed by atoms with E-state index in [-0.39, 0.29) is 5.12 Å². The zero-order chi connectivity index (χ0) is 7.56. The van der Waals surface area contributed by atoms with Gasteiger partial charge in [0.1, 0.15) is 5.01 Å². The Morgan fingerprint density at radius 2 is 2.40 bits per heavy atom. The first-order chi connectivity index (χ1) is 4.68. The molecule has 0 fully saturated rings. The lowest BCUT2D eigenvalue weighted by Gasteiger charge is -1.83. The number of hydrogen-bond donors (Lipinski definition) is 0. The van der Waals surface area contributed by atoms with Crippen LogP contribution in [0.25, 0.3) is 0 Å². The molecule has 0 bridgehead atoms. The summed E-state index contributed by atoms with van der Waals surface area (Å²) in [6.07, 6.45) is 0. The molecule has 0 aliphatic rings. The molecule has 1 heterocycles. The van der Waals surface area contributed by atoms with E-state index < -0.39 is 0 Å². The van der Waals surface area contributed by atoms with Crippen molar-refractivity contribution in [1.82, 2.24) is 9.36 Å². The van der Waals surface area contributed by atoms with Crippen molar-refractivity contribution in [1.29, 1.82) is 0 Å². The third-order valence-corrected chi connectivity index (χ3v) is 2.13. The Labute approximate surface area is 67.0 Å². The Hall–Kier alpha value is -0.420. The van der Waals surface area contributed by atoms with E-state index in [0.29, 0.717) is 5.16 Å². The first-order valence-corrected chi connectivity index (χ1v) is 4.26. The molecule has 0 aliphatic carbocycles. The van der Waals surface area contributed by atoms with Crippen LogP contribution in [0.15, 0.2) is 5.16 Å². The van der Waals surface area contributed by atoms with Crippen LogP contribution in [0.2, 0.25) is 0 Å². The van der Waals surface area contributed by atoms with Gasteiger partial charge >= 0.3 is 0 Å². The van der Waals surface area contributed by atoms with Gasteiger partial charge in [-0.25, -0.2) is 4.98 Å². The summed E-state index contributed by atoms with van der Waals surface area (Å²) in [6, 6.07) is 0. The van der Waals surface area contributed by atoms with Gasteiger partial charge in [0.25, 0.3) is 0 Å². The summed E-state index contributed by atoms with van der Waals surface area (Å²) in [5.41, 5.74) is 0. The second-order valence-electron chi connectivity index (χ2n) is 1.69. The van der Waals surface area contributed by atoms with Gasteiger partial charge < -0.3 is 0 Å². The van der Waals surface area contributed by atoms with Gasteiger partial charge in [-0.3, -0.25) is 4.79 Å². The van der Waals surface area contributed by atoms with Crippen molar-refractivity contribution in [3.8, 4) is 0 Å². The normalized spacial score (nSPS) is 9.80. The standard InChI is InChI=1S/C5H6N2OS2/c1-3-6-5(7-10-3)9-4(2)8/h1-2H3. The maximum absolute atomic E-state index is 10.5. The third kappa shape index (κ3) is 2.07. The molecule has 54 valence electrons. The molecular weight excluding hydrogens is 168 g/mol. The summed E-state index contributed by atoms with van der Waals surface area (Å²) in [4.78, 5) is 14.5. The molecule has 5 heteroatoms. The van der Waals surface area contributed by atoms with Crippen molar-refractivity contribution >= 4 is 28.4 Å². The highest BCUT2D eigenvalue weighted by Gasteiger charge is 2.02. The van der Waals surface area contributed by atoms with Gasteiger partial charge in [0.05, 0.1) is 0 Å². The maximum Gasteiger partial charge on any atom is 0.207 e. The first-order valence-electron chi connectivity index (χ1n) is 2.67. The molecule has 0 unspecified atom stereocenters. The van der Waals surface area contributed by atoms with E-state index in [0.717, 1.165) is 16.8 Å². The number of aromatic nitrogens is 2. The van der Waals surface area contributed by atoms with Gasteiger partial charge in [0.2, 0.25) is 5.16 Å². The SMILES string of the molecule is CC(=O)Sc1nsc(C)n1. The van der Waals surface area contributed by atoms with E-state index in [4.69, 9.17) is 0 Å². The minimum atomic E-state index is 0.0257. The third-order valence-electron chi connectivity index (χ3n) is 0.744. The zero-order valence-electron chi connectivity index (χ0n) is 5.62. The number of rotatable bonds is 1. The number of carbonyl (C=O) groups is 1. The average Bonchev–Trinajstić information content (AvgIpc) is 2.13. The van der Waals surface area contributed by atoms with Gasteiger partial charge in [0.15, 0.2) is 5.12 Å². The lowest BCUT2D eigenvalue weighted by Crippen LogP contribution is -1.82. The second kappa shape index (κ2) is 3.12. The van der Waals surface area contributed by atoms with Gasteiger partial charge in [-0.2, -0.15) is 4.37 Å². The van der Waals surface area contributed by atoms with Crippen LogP contribution in [0.1, 0.15) is 11.9 Å². The van der Waals surface area contributed by atoms with Crippen LogP contribution >= 0.6 is 23.3 Å². The van der Waals surface area contributed by atoms with E-state index in [2.05, 4.69) is 9.36 Å². The quantitative estimate of drug-likeness (QED) is 0.605. The van der Waals surface area contributed by atoms with Crippen LogP contribution in [0.3, 0.4) is 0 Å². The maximum atomic E-state index is 10.5. The Balaban J connectivity index is 2.67. The van der Waals surface area contributed by atoms with Gasteiger partial charge in [0, 0.05) is 6.92 Å². The van der Waals surface area contributed by atoms with Gasteiger partial charge in [-0.05, 0) is 30.2 Å². The van der Waals surface area contributed by atoms with Crippen molar-refractivity contribution in [3.05, 3.63) is 5.01 Å². The van der Waals surface area contributed by atoms with E-state index in [1.807, 2.05) is 6.92 Å². The van der Waals surface area contributed by atoms with Crippen LogP contribution in [-0.2, 0) is 4.79 Å². The molecule has 1 aromatic rings. The smallest absolute Gasteiger partial charge is 0.207 e. The second-order valence-corrected chi connectivity index (χ2v) is 3.79. The summed E-state index contributed by atoms with van der Waals surface area (Å²) in [5.74, 6) is 0. The van der Waals surface area contributed by atoms with Crippen molar-refractivity contribution < 1.29 is 4.79 Å². The highest BCUT2D eigenvalue weighted by atomic mass is 32.2. The van der Waals surface area contributed by atoms with Crippen LogP contribution in [0, 0.1) is 6.92 Å². The van der Waals surface area contributed by atoms with Crippen molar-refractivity contribution in [2.45, 2.75) is 19.0 Å². The molecule has 0 radical (unpaired) electrons. The summed E-state index contributed by atoms with van der Waals surface area (Å²) >= 11 is 2.38. The molecule has 0 aliphatic heterocycles. The Bertz CT molecular complexity index is 246. The fourth-order valence-corrected chi connectivity index (χ4v) is 1.59. The molecule has 0 N–H and O–H groups in total. The van der Waals surface area contributed by atoms with E-state index in [1.54, 1.807) is 0 Å². The summed E-state index contributed by atoms with van der Waals surface area (Å²) in [7, 11) is 0. The monoisotopic (exact) mass is 174 g/mol. The fourth-order valence-electron chi connectivity index (χ4n) is 0.451. The molecule has 0 saturated heterocycles. The Morgan fingerprint density at radius 1 is 1.70 bits per heavy atom. The van der Waals surface area contributed by atoms with E-state index >= 15 is 0 Å². The molecule has 3 nitrogen and oxygen atoms in total. The molecule has 0 atom stereocenters. The Kier molecular flexibility index (Phi) is 2.39. The van der Waals surface area contributed by atoms with Crippen LogP contribution in [0.5, 0.6) is 0 Å². The molecule has 1 rings (SSSR count).